The van der Waals surface area contributed by atoms with E-state index < -0.39 is 6.10 Å². The maximum absolute atomic E-state index is 11.8. The zero-order valence-electron chi connectivity index (χ0n) is 18.1. The van der Waals surface area contributed by atoms with Crippen molar-refractivity contribution in [3.8, 4) is 0 Å². The van der Waals surface area contributed by atoms with Crippen molar-refractivity contribution in [2.45, 2.75) is 31.7 Å². The number of nitrogens with zero attached hydrogens (tertiary/aromatic N) is 5. The van der Waals surface area contributed by atoms with Gasteiger partial charge in [0.2, 0.25) is 0 Å². The van der Waals surface area contributed by atoms with E-state index in [1.807, 2.05) is 53.3 Å². The molecule has 3 aliphatic heterocycles. The quantitative estimate of drug-likeness (QED) is 0.386. The van der Waals surface area contributed by atoms with Gasteiger partial charge in [-0.25, -0.2) is 0 Å². The maximum atomic E-state index is 11.8. The molecule has 0 amide bonds. The standard InChI is InChI=1S/C26H28N5O/c1-2-18-16-31(17-30-24-10-6-5-9-23(24)28-29-30)14-12-19(18)15-25(31)26(32)21-11-13-27-22-8-4-3-7-20(21)22/h2-11,13,18-19,25-26,32H,1,12,14-17H2/q+1/t18?,19?,25-,26+,31?/m0/s1. The molecule has 0 saturated carbocycles. The normalized spacial score (nSPS) is 28.2. The molecular weight excluding hydrogens is 398 g/mol. The lowest BCUT2D eigenvalue weighted by molar-refractivity contribution is -0.992. The van der Waals surface area contributed by atoms with E-state index >= 15 is 0 Å². The number of hydrogen-bond acceptors (Lipinski definition) is 4. The van der Waals surface area contributed by atoms with Gasteiger partial charge in [0, 0.05) is 30.3 Å². The fourth-order valence-corrected chi connectivity index (χ4v) is 6.23. The van der Waals surface area contributed by atoms with Gasteiger partial charge in [0.15, 0.2) is 6.67 Å². The molecule has 0 aliphatic carbocycles. The predicted octanol–water partition coefficient (Wildman–Crippen LogP) is 4.08. The number of aliphatic hydroxyl groups is 1. The molecule has 0 radical (unpaired) electrons. The van der Waals surface area contributed by atoms with Crippen LogP contribution in [0.1, 0.15) is 24.5 Å². The largest absolute Gasteiger partial charge is 0.382 e. The molecule has 4 aromatic rings. The van der Waals surface area contributed by atoms with E-state index in [0.29, 0.717) is 18.5 Å². The summed E-state index contributed by atoms with van der Waals surface area (Å²) in [6.07, 6.45) is 5.52. The summed E-state index contributed by atoms with van der Waals surface area (Å²) in [6.45, 7) is 6.86. The van der Waals surface area contributed by atoms with Crippen LogP contribution in [-0.2, 0) is 6.67 Å². The average Bonchev–Trinajstić information content (AvgIpc) is 3.25. The van der Waals surface area contributed by atoms with Gasteiger partial charge in [-0.2, -0.15) is 4.68 Å². The minimum absolute atomic E-state index is 0.0960. The van der Waals surface area contributed by atoms with Gasteiger partial charge in [0.05, 0.1) is 24.1 Å². The van der Waals surface area contributed by atoms with Gasteiger partial charge < -0.3 is 5.11 Å². The summed E-state index contributed by atoms with van der Waals surface area (Å²) in [4.78, 5) is 4.50. The minimum atomic E-state index is -0.564. The Hall–Kier alpha value is -3.09. The van der Waals surface area contributed by atoms with E-state index in [9.17, 15) is 5.11 Å². The lowest BCUT2D eigenvalue weighted by Crippen LogP contribution is -2.68. The molecule has 1 N–H and O–H groups in total. The molecule has 6 nitrogen and oxygen atoms in total. The first-order chi connectivity index (χ1) is 15.7. The van der Waals surface area contributed by atoms with Gasteiger partial charge in [0.25, 0.3) is 0 Å². The summed E-state index contributed by atoms with van der Waals surface area (Å²) in [5, 5.41) is 21.7. The summed E-state index contributed by atoms with van der Waals surface area (Å²) in [5.41, 5.74) is 3.86. The van der Waals surface area contributed by atoms with Gasteiger partial charge in [-0.15, -0.1) is 11.7 Å². The van der Waals surface area contributed by atoms with Gasteiger partial charge >= 0.3 is 0 Å². The Morgan fingerprint density at radius 1 is 1.12 bits per heavy atom. The number of benzene rings is 2. The summed E-state index contributed by atoms with van der Waals surface area (Å²) in [5.74, 6) is 1.05. The van der Waals surface area contributed by atoms with Crippen LogP contribution in [0.5, 0.6) is 0 Å². The second-order valence-corrected chi connectivity index (χ2v) is 9.46. The number of pyridine rings is 1. The summed E-state index contributed by atoms with van der Waals surface area (Å²) < 4.78 is 2.84. The topological polar surface area (TPSA) is 63.8 Å². The Labute approximate surface area is 187 Å². The summed E-state index contributed by atoms with van der Waals surface area (Å²) in [6, 6.07) is 18.3. The van der Waals surface area contributed by atoms with Gasteiger partial charge in [-0.1, -0.05) is 41.6 Å². The van der Waals surface area contributed by atoms with Crippen molar-refractivity contribution in [3.63, 3.8) is 0 Å². The first-order valence-corrected chi connectivity index (χ1v) is 11.5. The summed E-state index contributed by atoms with van der Waals surface area (Å²) >= 11 is 0. The highest BCUT2D eigenvalue weighted by Crippen LogP contribution is 2.47. The van der Waals surface area contributed by atoms with E-state index in [1.165, 1.54) is 0 Å². The molecule has 5 heterocycles. The minimum Gasteiger partial charge on any atom is -0.382 e. The van der Waals surface area contributed by atoms with E-state index in [2.05, 4.69) is 40.1 Å². The Morgan fingerprint density at radius 2 is 1.94 bits per heavy atom. The van der Waals surface area contributed by atoms with Crippen molar-refractivity contribution in [2.24, 2.45) is 11.8 Å². The number of aromatic nitrogens is 4. The third kappa shape index (κ3) is 2.98. The van der Waals surface area contributed by atoms with Crippen LogP contribution in [0.25, 0.3) is 21.9 Å². The van der Waals surface area contributed by atoms with Crippen LogP contribution in [0.2, 0.25) is 0 Å². The molecule has 7 rings (SSSR count). The van der Waals surface area contributed by atoms with E-state index in [0.717, 1.165) is 57.9 Å². The first kappa shape index (κ1) is 19.6. The fourth-order valence-electron chi connectivity index (χ4n) is 6.23. The van der Waals surface area contributed by atoms with Gasteiger partial charge in [0.1, 0.15) is 17.7 Å². The van der Waals surface area contributed by atoms with Crippen LogP contribution in [0, 0.1) is 11.8 Å². The van der Waals surface area contributed by atoms with Crippen LogP contribution in [0.15, 0.2) is 73.4 Å². The van der Waals surface area contributed by atoms with Gasteiger partial charge in [-0.3, -0.25) is 9.47 Å². The number of rotatable bonds is 5. The van der Waals surface area contributed by atoms with Crippen molar-refractivity contribution in [3.05, 3.63) is 79.0 Å². The molecule has 3 saturated heterocycles. The van der Waals surface area contributed by atoms with Crippen LogP contribution >= 0.6 is 0 Å². The molecule has 5 atom stereocenters. The molecule has 2 aromatic heterocycles. The molecule has 0 spiro atoms. The SMILES string of the molecule is C=CC1C[N+]2(Cn3nnc4ccccc43)CCC1C[C@H]2[C@H](O)c1ccnc2ccccc12. The van der Waals surface area contributed by atoms with E-state index in [-0.39, 0.29) is 6.04 Å². The Kier molecular flexibility index (Phi) is 4.59. The molecule has 2 aromatic carbocycles. The van der Waals surface area contributed by atoms with Crippen LogP contribution < -0.4 is 0 Å². The van der Waals surface area contributed by atoms with E-state index in [4.69, 9.17) is 0 Å². The molecule has 32 heavy (non-hydrogen) atoms. The number of aliphatic hydroxyl groups excluding tert-OH is 1. The fraction of sp³-hybridized carbons (Fsp3) is 0.346. The molecular formula is C26H28N5O+. The highest BCUT2D eigenvalue weighted by molar-refractivity contribution is 5.82. The van der Waals surface area contributed by atoms with Crippen molar-refractivity contribution >= 4 is 21.9 Å². The molecule has 2 bridgehead atoms. The molecule has 162 valence electrons. The maximum Gasteiger partial charge on any atom is 0.177 e. The van der Waals surface area contributed by atoms with Crippen molar-refractivity contribution in [1.29, 1.82) is 0 Å². The number of piperidine rings is 3. The van der Waals surface area contributed by atoms with Gasteiger partial charge in [-0.05, 0) is 35.7 Å². The van der Waals surface area contributed by atoms with Crippen molar-refractivity contribution in [2.75, 3.05) is 13.1 Å². The average molecular weight is 427 g/mol. The third-order valence-electron chi connectivity index (χ3n) is 7.88. The predicted molar refractivity (Wildman–Crippen MR) is 124 cm³/mol. The number of quaternary nitrogens is 1. The van der Waals surface area contributed by atoms with Crippen LogP contribution in [-0.4, -0.2) is 48.7 Å². The lowest BCUT2D eigenvalue weighted by atomic mass is 9.71. The lowest BCUT2D eigenvalue weighted by Gasteiger charge is -2.57. The number of hydrogen-bond donors (Lipinski definition) is 1. The van der Waals surface area contributed by atoms with Crippen molar-refractivity contribution < 1.29 is 9.59 Å². The smallest absolute Gasteiger partial charge is 0.177 e. The second kappa shape index (κ2) is 7.50. The summed E-state index contributed by atoms with van der Waals surface area (Å²) in [7, 11) is 0. The number of para-hydroxylation sites is 2. The number of fused-ring (bicyclic) bond motifs is 5. The van der Waals surface area contributed by atoms with Crippen LogP contribution in [0.3, 0.4) is 0 Å². The van der Waals surface area contributed by atoms with Crippen molar-refractivity contribution in [1.82, 2.24) is 20.0 Å². The molecule has 3 aliphatic rings. The Balaban J connectivity index is 1.43. The zero-order chi connectivity index (χ0) is 21.7. The van der Waals surface area contributed by atoms with E-state index in [1.54, 1.807) is 0 Å². The zero-order valence-corrected chi connectivity index (χ0v) is 18.1. The molecule has 3 fully saturated rings. The Morgan fingerprint density at radius 3 is 2.81 bits per heavy atom. The molecule has 3 unspecified atom stereocenters. The first-order valence-electron chi connectivity index (χ1n) is 11.5. The molecule has 6 heteroatoms. The third-order valence-corrected chi connectivity index (χ3v) is 7.88. The highest BCUT2D eigenvalue weighted by atomic mass is 16.3. The monoisotopic (exact) mass is 426 g/mol. The van der Waals surface area contributed by atoms with Crippen LogP contribution in [0.4, 0.5) is 0 Å². The second-order valence-electron chi connectivity index (χ2n) is 9.46. The highest BCUT2D eigenvalue weighted by Gasteiger charge is 2.54. The Bertz CT molecular complexity index is 1290.